The van der Waals surface area contributed by atoms with Crippen molar-refractivity contribution in [1.29, 1.82) is 15.9 Å². The van der Waals surface area contributed by atoms with E-state index in [4.69, 9.17) is 15.4 Å². The summed E-state index contributed by atoms with van der Waals surface area (Å²) in [5, 5.41) is 36.0. The normalized spacial score (nSPS) is 19.5. The molecule has 0 spiro atoms. The zero-order valence-corrected chi connectivity index (χ0v) is 11.4. The van der Waals surface area contributed by atoms with Crippen LogP contribution in [0.5, 0.6) is 11.5 Å². The lowest BCUT2D eigenvalue weighted by molar-refractivity contribution is 0.436. The van der Waals surface area contributed by atoms with Gasteiger partial charge in [0.05, 0.1) is 17.7 Å². The van der Waals surface area contributed by atoms with Gasteiger partial charge in [-0.15, -0.1) is 0 Å². The minimum atomic E-state index is -0.772. The van der Waals surface area contributed by atoms with Crippen molar-refractivity contribution in [3.05, 3.63) is 59.2 Å². The molecule has 0 fully saturated rings. The Bertz CT molecular complexity index is 846. The number of hydrogen-bond donors (Lipinski definition) is 2. The number of hydrogen-bond acceptors (Lipinski definition) is 5. The second-order valence-corrected chi connectivity index (χ2v) is 5.01. The Morgan fingerprint density at radius 3 is 2.68 bits per heavy atom. The Balaban J connectivity index is 2.21. The molecule has 0 saturated carbocycles. The highest BCUT2D eigenvalue weighted by molar-refractivity contribution is 5.85. The van der Waals surface area contributed by atoms with E-state index < -0.39 is 11.8 Å². The Hall–Kier alpha value is -3.31. The first-order valence-electron chi connectivity index (χ1n) is 6.63. The van der Waals surface area contributed by atoms with Gasteiger partial charge in [-0.1, -0.05) is 18.2 Å². The predicted molar refractivity (Wildman–Crippen MR) is 78.6 cm³/mol. The van der Waals surface area contributed by atoms with Gasteiger partial charge in [0.25, 0.3) is 0 Å². The molecule has 0 bridgehead atoms. The molecule has 5 heteroatoms. The van der Waals surface area contributed by atoms with Crippen LogP contribution in [0.1, 0.15) is 22.6 Å². The Morgan fingerprint density at radius 1 is 1.14 bits per heavy atom. The van der Waals surface area contributed by atoms with Gasteiger partial charge < -0.3 is 9.84 Å². The van der Waals surface area contributed by atoms with Crippen LogP contribution in [0.15, 0.2) is 42.5 Å². The van der Waals surface area contributed by atoms with Crippen LogP contribution < -0.4 is 4.74 Å². The summed E-state index contributed by atoms with van der Waals surface area (Å²) in [4.78, 5) is 0. The van der Waals surface area contributed by atoms with Crippen LogP contribution >= 0.6 is 0 Å². The second kappa shape index (κ2) is 5.23. The number of phenolic OH excluding ortho intramolecular Hbond substituents is 1. The molecule has 2 N–H and O–H groups in total. The van der Waals surface area contributed by atoms with Gasteiger partial charge in [0, 0.05) is 17.5 Å². The highest BCUT2D eigenvalue weighted by Gasteiger charge is 2.37. The summed E-state index contributed by atoms with van der Waals surface area (Å²) in [7, 11) is 0. The molecule has 3 rings (SSSR count). The molecule has 5 nitrogen and oxygen atoms in total. The molecule has 22 heavy (non-hydrogen) atoms. The molecule has 1 aliphatic heterocycles. The number of nitrogens with one attached hydrogen (secondary N) is 1. The fraction of sp³-hybridized carbons (Fsp3) is 0.118. The number of benzene rings is 2. The quantitative estimate of drug-likeness (QED) is 0.842. The zero-order valence-electron chi connectivity index (χ0n) is 11.4. The van der Waals surface area contributed by atoms with Gasteiger partial charge in [-0.05, 0) is 23.8 Å². The van der Waals surface area contributed by atoms with E-state index in [-0.39, 0.29) is 11.6 Å². The number of nitriles is 2. The molecule has 0 aliphatic carbocycles. The summed E-state index contributed by atoms with van der Waals surface area (Å²) >= 11 is 0. The van der Waals surface area contributed by atoms with Crippen molar-refractivity contribution >= 4 is 5.90 Å². The number of phenols is 1. The number of rotatable bonds is 1. The molecule has 0 aromatic heterocycles. The van der Waals surface area contributed by atoms with Crippen LogP contribution in [-0.2, 0) is 0 Å². The summed E-state index contributed by atoms with van der Waals surface area (Å²) in [6.45, 7) is 0. The van der Waals surface area contributed by atoms with Crippen LogP contribution in [-0.4, -0.2) is 11.0 Å². The molecule has 2 aromatic carbocycles. The largest absolute Gasteiger partial charge is 0.508 e. The van der Waals surface area contributed by atoms with Gasteiger partial charge >= 0.3 is 0 Å². The Kier molecular flexibility index (Phi) is 3.25. The van der Waals surface area contributed by atoms with Crippen LogP contribution in [0.25, 0.3) is 0 Å². The van der Waals surface area contributed by atoms with Gasteiger partial charge in [-0.25, -0.2) is 0 Å². The minimum Gasteiger partial charge on any atom is -0.508 e. The number of aromatic hydroxyl groups is 1. The average Bonchev–Trinajstić information content (AvgIpc) is 2.53. The first-order chi connectivity index (χ1) is 10.6. The highest BCUT2D eigenvalue weighted by Crippen LogP contribution is 2.43. The fourth-order valence-electron chi connectivity index (χ4n) is 2.69. The average molecular weight is 289 g/mol. The summed E-state index contributed by atoms with van der Waals surface area (Å²) in [5.41, 5.74) is 1.98. The van der Waals surface area contributed by atoms with E-state index in [0.29, 0.717) is 11.3 Å². The van der Waals surface area contributed by atoms with Gasteiger partial charge in [0.2, 0.25) is 5.90 Å². The third-order valence-electron chi connectivity index (χ3n) is 3.68. The van der Waals surface area contributed by atoms with Gasteiger partial charge in [-0.3, -0.25) is 5.41 Å². The van der Waals surface area contributed by atoms with Crippen LogP contribution in [0.3, 0.4) is 0 Å². The lowest BCUT2D eigenvalue weighted by atomic mass is 9.79. The summed E-state index contributed by atoms with van der Waals surface area (Å²) in [5.74, 6) is -0.940. The van der Waals surface area contributed by atoms with E-state index in [0.717, 1.165) is 11.1 Å². The van der Waals surface area contributed by atoms with Gasteiger partial charge in [0.15, 0.2) is 0 Å². The van der Waals surface area contributed by atoms with E-state index in [9.17, 15) is 10.4 Å². The van der Waals surface area contributed by atoms with E-state index in [1.54, 1.807) is 24.3 Å². The monoisotopic (exact) mass is 289 g/mol. The van der Waals surface area contributed by atoms with Crippen LogP contribution in [0, 0.1) is 34.0 Å². The van der Waals surface area contributed by atoms with Crippen molar-refractivity contribution in [3.63, 3.8) is 0 Å². The number of fused-ring (bicyclic) bond motifs is 1. The molecule has 2 unspecified atom stereocenters. The first kappa shape index (κ1) is 13.7. The molecule has 1 aliphatic rings. The molecular formula is C17H11N3O2. The second-order valence-electron chi connectivity index (χ2n) is 5.01. The predicted octanol–water partition coefficient (Wildman–Crippen LogP) is 2.91. The molecule has 2 atom stereocenters. The topological polar surface area (TPSA) is 101 Å². The Labute approximate surface area is 127 Å². The Morgan fingerprint density at radius 2 is 1.95 bits per heavy atom. The third-order valence-corrected chi connectivity index (χ3v) is 3.68. The lowest BCUT2D eigenvalue weighted by Crippen LogP contribution is -2.30. The maximum absolute atomic E-state index is 9.58. The number of nitrogens with zero attached hydrogens (tertiary/aromatic N) is 2. The van der Waals surface area contributed by atoms with Crippen molar-refractivity contribution < 1.29 is 9.84 Å². The highest BCUT2D eigenvalue weighted by atomic mass is 16.5. The van der Waals surface area contributed by atoms with E-state index >= 15 is 0 Å². The van der Waals surface area contributed by atoms with Crippen molar-refractivity contribution in [1.82, 2.24) is 0 Å². The number of ether oxygens (including phenoxy) is 1. The summed E-state index contributed by atoms with van der Waals surface area (Å²) in [6.07, 6.45) is 0. The molecule has 2 aromatic rings. The maximum atomic E-state index is 9.58. The molecular weight excluding hydrogens is 278 g/mol. The summed E-state index contributed by atoms with van der Waals surface area (Å²) < 4.78 is 5.36. The van der Waals surface area contributed by atoms with E-state index in [2.05, 4.69) is 12.1 Å². The zero-order chi connectivity index (χ0) is 15.7. The summed E-state index contributed by atoms with van der Waals surface area (Å²) in [6, 6.07) is 15.8. The maximum Gasteiger partial charge on any atom is 0.205 e. The van der Waals surface area contributed by atoms with Gasteiger partial charge in [0.1, 0.15) is 17.4 Å². The molecule has 106 valence electrons. The van der Waals surface area contributed by atoms with Gasteiger partial charge in [-0.2, -0.15) is 10.5 Å². The molecule has 0 radical (unpaired) electrons. The van der Waals surface area contributed by atoms with Crippen LogP contribution in [0.2, 0.25) is 0 Å². The molecule has 1 heterocycles. The smallest absolute Gasteiger partial charge is 0.205 e. The molecule has 0 saturated heterocycles. The third kappa shape index (κ3) is 2.15. The fourth-order valence-corrected chi connectivity index (χ4v) is 2.69. The first-order valence-corrected chi connectivity index (χ1v) is 6.63. The van der Waals surface area contributed by atoms with Crippen molar-refractivity contribution in [2.24, 2.45) is 5.92 Å². The standard InChI is InChI=1S/C17H11N3O2/c18-8-10-2-1-3-11(6-10)16-13-5-4-12(21)7-15(13)22-17(20)14(16)9-19/h1-7,14,16,20-21H. The SMILES string of the molecule is N#Cc1cccc(C2c3ccc(O)cc3OC(=N)C2C#N)c1. The van der Waals surface area contributed by atoms with E-state index in [1.807, 2.05) is 6.07 Å². The van der Waals surface area contributed by atoms with Crippen molar-refractivity contribution in [3.8, 4) is 23.6 Å². The van der Waals surface area contributed by atoms with E-state index in [1.165, 1.54) is 12.1 Å². The van der Waals surface area contributed by atoms with Crippen molar-refractivity contribution in [2.45, 2.75) is 5.92 Å². The van der Waals surface area contributed by atoms with Crippen LogP contribution in [0.4, 0.5) is 0 Å². The lowest BCUT2D eigenvalue weighted by Gasteiger charge is -2.30. The minimum absolute atomic E-state index is 0.0338. The molecule has 0 amide bonds. The van der Waals surface area contributed by atoms with Crippen molar-refractivity contribution in [2.75, 3.05) is 0 Å².